The van der Waals surface area contributed by atoms with E-state index in [0.29, 0.717) is 53.0 Å². The molecule has 17 rings (SSSR count). The molecule has 20 heteroatoms. The molecule has 4 aliphatic heterocycles. The smallest absolute Gasteiger partial charge is 0.306 e. The number of halogens is 12. The summed E-state index contributed by atoms with van der Waals surface area (Å²) in [7, 11) is 0. The van der Waals surface area contributed by atoms with Crippen LogP contribution in [0.2, 0.25) is 0 Å². The first-order valence-electron chi connectivity index (χ1n) is 30.6. The Balaban J connectivity index is 1.03. The van der Waals surface area contributed by atoms with E-state index in [-0.39, 0.29) is 114 Å². The van der Waals surface area contributed by atoms with Crippen LogP contribution in [0.15, 0.2) is 279 Å². The van der Waals surface area contributed by atoms with Crippen LogP contribution in [0, 0.1) is 0 Å². The molecule has 0 saturated heterocycles. The van der Waals surface area contributed by atoms with Crippen molar-refractivity contribution in [2.24, 2.45) is 0 Å². The molecule has 8 nitrogen and oxygen atoms in total. The molecule has 0 unspecified atom stereocenters. The van der Waals surface area contributed by atoms with E-state index in [1.165, 1.54) is 97.1 Å². The van der Waals surface area contributed by atoms with Gasteiger partial charge in [0, 0.05) is 22.7 Å². The van der Waals surface area contributed by atoms with E-state index in [9.17, 15) is 0 Å². The third-order valence-corrected chi connectivity index (χ3v) is 18.6. The average molecular weight is 1310 g/mol. The minimum atomic E-state index is -4.96. The number of hydrogen-bond donors (Lipinski definition) is 0. The minimum absolute atomic E-state index is 0.0838. The second-order valence-corrected chi connectivity index (χ2v) is 23.8. The lowest BCUT2D eigenvalue weighted by atomic mass is 9.67. The molecule has 0 fully saturated rings. The first-order chi connectivity index (χ1) is 46.7. The Bertz CT molecular complexity index is 4430. The molecule has 4 heterocycles. The molecule has 0 bridgehead atoms. The van der Waals surface area contributed by atoms with Gasteiger partial charge in [-0.1, -0.05) is 146 Å². The number of alkyl halides is 12. The van der Waals surface area contributed by atoms with Crippen molar-refractivity contribution in [3.05, 3.63) is 301 Å². The molecule has 0 aromatic heterocycles. The number of hydrogen-bond acceptors (Lipinski definition) is 8. The summed E-state index contributed by atoms with van der Waals surface area (Å²) in [5, 5.41) is 0. The summed E-state index contributed by atoms with van der Waals surface area (Å²) in [5.74, 6) is 0. The van der Waals surface area contributed by atoms with Crippen LogP contribution >= 0.6 is 0 Å². The van der Waals surface area contributed by atoms with Gasteiger partial charge in [0.05, 0.1) is 96.4 Å². The monoisotopic (exact) mass is 1310 g/mol. The number of benzene rings is 12. The van der Waals surface area contributed by atoms with Gasteiger partial charge in [0.15, 0.2) is 0 Å². The van der Waals surface area contributed by atoms with Crippen molar-refractivity contribution in [1.82, 2.24) is 0 Å². The summed E-state index contributed by atoms with van der Waals surface area (Å²) in [4.78, 5) is 7.96. The molecule has 1 aliphatic carbocycles. The predicted octanol–water partition coefficient (Wildman–Crippen LogP) is 23.8. The van der Waals surface area contributed by atoms with Crippen LogP contribution < -0.4 is 39.2 Å². The Morgan fingerprint density at radius 1 is 0.196 bits per heavy atom. The average Bonchev–Trinajstić information content (AvgIpc) is 1.61. The Morgan fingerprint density at radius 3 is 0.546 bits per heavy atom. The third kappa shape index (κ3) is 8.80. The molecule has 0 atom stereocenters. The fourth-order valence-electron chi connectivity index (χ4n) is 15.1. The Labute approximate surface area is 546 Å². The van der Waals surface area contributed by atoms with Gasteiger partial charge in [-0.15, -0.1) is 52.7 Å². The normalized spacial score (nSPS) is 14.9. The van der Waals surface area contributed by atoms with Gasteiger partial charge >= 0.3 is 25.2 Å². The fraction of sp³-hybridized carbons (Fsp3) is 0.0649. The van der Waals surface area contributed by atoms with Gasteiger partial charge in [-0.05, 0) is 167 Å². The van der Waals surface area contributed by atoms with Crippen LogP contribution in [0.5, 0.6) is 0 Å². The van der Waals surface area contributed by atoms with Gasteiger partial charge in [0.1, 0.15) is 0 Å². The Kier molecular flexibility index (Phi) is 12.8. The number of rotatable bonds is 6. The van der Waals surface area contributed by atoms with Crippen molar-refractivity contribution >= 4 is 114 Å². The van der Waals surface area contributed by atoms with Gasteiger partial charge in [0.2, 0.25) is 0 Å². The van der Waals surface area contributed by atoms with Gasteiger partial charge in [-0.2, -0.15) is 0 Å². The molecular weight excluding hydrogens is 1260 g/mol. The molecule has 0 saturated carbocycles. The summed E-state index contributed by atoms with van der Waals surface area (Å²) in [6.45, 7) is 0. The summed E-state index contributed by atoms with van der Waals surface area (Å²) in [6, 6.07) is 74.0. The zero-order valence-electron chi connectivity index (χ0n) is 50.2. The molecule has 0 amide bonds. The third-order valence-electron chi connectivity index (χ3n) is 18.6. The number of nitrogens with zero attached hydrogens (tertiary/aromatic N) is 8. The van der Waals surface area contributed by atoms with Gasteiger partial charge in [-0.3, -0.25) is 0 Å². The maximum absolute atomic E-state index is 15.8. The largest absolute Gasteiger partial charge is 0.489 e. The standard InChI is InChI=1S/C77H46F12N8/c78-74(79,80)94-65-33-13-5-25-57(65)90(58-26-6-14-34-66(58)94)49-41-47(42-50(45-49)91-59-27-7-15-35-67(59)95(75(81,82)83)68-36-16-8-28-60(68)91)73(55-23-3-1-21-53(55)54-22-2-4-24-56(54)73)48-43-51(92-61-29-9-17-37-69(61)96(76(84,85)86)70-38-18-10-30-62(70)92)46-52(44-48)93-63-31-11-19-39-71(63)97(77(87,88)89)72-40-20-12-32-64(72)93/h1-46H. The predicted molar refractivity (Wildman–Crippen MR) is 355 cm³/mol. The van der Waals surface area contributed by atoms with Crippen molar-refractivity contribution in [3.8, 4) is 11.1 Å². The molecule has 0 N–H and O–H groups in total. The summed E-state index contributed by atoms with van der Waals surface area (Å²) in [6.07, 6.45) is -19.8. The van der Waals surface area contributed by atoms with Crippen molar-refractivity contribution in [1.29, 1.82) is 0 Å². The molecular formula is C77H46F12N8. The number of fused-ring (bicyclic) bond motifs is 11. The maximum Gasteiger partial charge on any atom is 0.489 e. The van der Waals surface area contributed by atoms with Gasteiger partial charge < -0.3 is 19.6 Å². The summed E-state index contributed by atoms with van der Waals surface area (Å²) in [5.41, 5.74) is 1.51. The first kappa shape index (κ1) is 59.0. The van der Waals surface area contributed by atoms with Crippen LogP contribution in [0.4, 0.5) is 166 Å². The summed E-state index contributed by atoms with van der Waals surface area (Å²) < 4.78 is 190. The van der Waals surface area contributed by atoms with Crippen LogP contribution in [-0.4, -0.2) is 25.2 Å². The molecule has 478 valence electrons. The summed E-state index contributed by atoms with van der Waals surface area (Å²) >= 11 is 0. The lowest BCUT2D eigenvalue weighted by Crippen LogP contribution is -2.38. The first-order valence-corrected chi connectivity index (χ1v) is 30.6. The highest BCUT2D eigenvalue weighted by atomic mass is 19.4. The van der Waals surface area contributed by atoms with Crippen LogP contribution in [0.3, 0.4) is 0 Å². The lowest BCUT2D eigenvalue weighted by Gasteiger charge is -2.44. The lowest BCUT2D eigenvalue weighted by molar-refractivity contribution is -0.121. The zero-order chi connectivity index (χ0) is 66.7. The highest BCUT2D eigenvalue weighted by molar-refractivity contribution is 6.05. The van der Waals surface area contributed by atoms with Crippen molar-refractivity contribution < 1.29 is 52.7 Å². The van der Waals surface area contributed by atoms with Crippen LogP contribution in [-0.2, 0) is 5.41 Å². The van der Waals surface area contributed by atoms with E-state index in [2.05, 4.69) is 0 Å². The second kappa shape index (κ2) is 21.1. The van der Waals surface area contributed by atoms with E-state index in [1.54, 1.807) is 129 Å². The van der Waals surface area contributed by atoms with Gasteiger partial charge in [-0.25, -0.2) is 19.6 Å². The molecule has 5 aliphatic rings. The number of anilines is 20. The number of para-hydroxylation sites is 16. The Hall–Kier alpha value is -11.8. The van der Waals surface area contributed by atoms with Crippen LogP contribution in [0.25, 0.3) is 11.1 Å². The van der Waals surface area contributed by atoms with Crippen molar-refractivity contribution in [2.45, 2.75) is 30.6 Å². The topological polar surface area (TPSA) is 25.9 Å². The molecule has 0 radical (unpaired) electrons. The highest BCUT2D eigenvalue weighted by Crippen LogP contribution is 2.65. The van der Waals surface area contributed by atoms with E-state index in [0.717, 1.165) is 0 Å². The van der Waals surface area contributed by atoms with Gasteiger partial charge in [0.25, 0.3) is 0 Å². The highest BCUT2D eigenvalue weighted by Gasteiger charge is 2.53. The van der Waals surface area contributed by atoms with E-state index < -0.39 is 30.6 Å². The minimum Gasteiger partial charge on any atom is -0.306 e. The van der Waals surface area contributed by atoms with Crippen LogP contribution in [0.1, 0.15) is 22.3 Å². The SMILES string of the molecule is FC(F)(F)N1c2ccccc2N(c2cc(N3c4ccccc4N(C(F)(F)F)c4ccccc43)cc(C3(c4cc(N5c6ccccc6N(C(F)(F)F)c6ccccc65)cc(N5c6ccccc6N(C(F)(F)F)c6ccccc65)c4)c4ccccc4-c4ccccc43)c2)c2ccccc21. The van der Waals surface area contributed by atoms with E-state index in [1.807, 2.05) is 72.8 Å². The quantitative estimate of drug-likeness (QED) is 0.120. The van der Waals surface area contributed by atoms with Crippen molar-refractivity contribution in [2.75, 3.05) is 39.2 Å². The van der Waals surface area contributed by atoms with Crippen molar-refractivity contribution in [3.63, 3.8) is 0 Å². The second-order valence-electron chi connectivity index (χ2n) is 23.8. The molecule has 97 heavy (non-hydrogen) atoms. The molecule has 0 spiro atoms. The van der Waals surface area contributed by atoms with E-state index >= 15 is 52.7 Å². The zero-order valence-corrected chi connectivity index (χ0v) is 50.2. The molecule has 12 aromatic carbocycles. The van der Waals surface area contributed by atoms with E-state index in [4.69, 9.17) is 0 Å². The Morgan fingerprint density at radius 2 is 0.361 bits per heavy atom. The fourth-order valence-corrected chi connectivity index (χ4v) is 15.1. The molecule has 12 aromatic rings. The maximum atomic E-state index is 15.8.